The number of rotatable bonds is 3. The number of carbonyl (C=O) groups is 1. The van der Waals surface area contributed by atoms with Crippen molar-refractivity contribution in [1.82, 2.24) is 9.97 Å². The van der Waals surface area contributed by atoms with E-state index in [1.165, 1.54) is 0 Å². The minimum absolute atomic E-state index is 0.0748. The molecule has 22 heavy (non-hydrogen) atoms. The van der Waals surface area contributed by atoms with E-state index in [4.69, 9.17) is 4.74 Å². The number of nitrogens with zero attached hydrogens (tertiary/aromatic N) is 3. The van der Waals surface area contributed by atoms with Gasteiger partial charge in [0.15, 0.2) is 0 Å². The summed E-state index contributed by atoms with van der Waals surface area (Å²) in [6, 6.07) is 5.98. The molecule has 0 bridgehead atoms. The molecule has 5 nitrogen and oxygen atoms in total. The monoisotopic (exact) mass is 363 g/mol. The zero-order valence-corrected chi connectivity index (χ0v) is 14.0. The summed E-state index contributed by atoms with van der Waals surface area (Å²) in [6.07, 6.45) is 3.42. The van der Waals surface area contributed by atoms with Crippen LogP contribution >= 0.6 is 15.9 Å². The zero-order chi connectivity index (χ0) is 15.5. The molecular formula is C16H18BrN3O2. The van der Waals surface area contributed by atoms with Crippen LogP contribution in [0.1, 0.15) is 19.8 Å². The third-order valence-corrected chi connectivity index (χ3v) is 4.41. The number of aromatic nitrogens is 2. The number of hydrogen-bond acceptors (Lipinski definition) is 5. The number of piperidine rings is 1. The lowest BCUT2D eigenvalue weighted by atomic mass is 9.98. The predicted molar refractivity (Wildman–Crippen MR) is 88.8 cm³/mol. The fourth-order valence-corrected chi connectivity index (χ4v) is 3.24. The summed E-state index contributed by atoms with van der Waals surface area (Å²) >= 11 is 3.46. The Labute approximate surface area is 137 Å². The molecule has 1 fully saturated rings. The average molecular weight is 364 g/mol. The first-order chi connectivity index (χ1) is 10.7. The third kappa shape index (κ3) is 3.06. The first-order valence-corrected chi connectivity index (χ1v) is 8.30. The summed E-state index contributed by atoms with van der Waals surface area (Å²) < 4.78 is 6.16. The van der Waals surface area contributed by atoms with Gasteiger partial charge in [-0.1, -0.05) is 15.9 Å². The van der Waals surface area contributed by atoms with Crippen molar-refractivity contribution in [1.29, 1.82) is 0 Å². The smallest absolute Gasteiger partial charge is 0.310 e. The van der Waals surface area contributed by atoms with Crippen LogP contribution in [0.25, 0.3) is 10.9 Å². The van der Waals surface area contributed by atoms with E-state index in [9.17, 15) is 4.79 Å². The molecule has 3 rings (SSSR count). The fourth-order valence-electron chi connectivity index (χ4n) is 2.89. The molecular weight excluding hydrogens is 346 g/mol. The van der Waals surface area contributed by atoms with Gasteiger partial charge in [0.1, 0.15) is 12.1 Å². The number of anilines is 1. The summed E-state index contributed by atoms with van der Waals surface area (Å²) in [5.41, 5.74) is 0.901. The van der Waals surface area contributed by atoms with Crippen molar-refractivity contribution in [3.8, 4) is 0 Å². The molecule has 2 aromatic rings. The topological polar surface area (TPSA) is 55.3 Å². The van der Waals surface area contributed by atoms with E-state index < -0.39 is 0 Å². The van der Waals surface area contributed by atoms with Crippen LogP contribution in [-0.2, 0) is 9.53 Å². The lowest BCUT2D eigenvalue weighted by Crippen LogP contribution is -2.40. The SMILES string of the molecule is CCOC(=O)C1CCCN(c2ncnc3cc(Br)ccc23)C1. The van der Waals surface area contributed by atoms with Gasteiger partial charge in [0, 0.05) is 22.9 Å². The highest BCUT2D eigenvalue weighted by molar-refractivity contribution is 9.10. The Bertz CT molecular complexity index is 692. The van der Waals surface area contributed by atoms with Crippen molar-refractivity contribution in [2.75, 3.05) is 24.6 Å². The first kappa shape index (κ1) is 15.2. The Morgan fingerprint density at radius 2 is 2.32 bits per heavy atom. The maximum absolute atomic E-state index is 12.0. The Morgan fingerprint density at radius 3 is 3.14 bits per heavy atom. The second-order valence-electron chi connectivity index (χ2n) is 5.40. The van der Waals surface area contributed by atoms with Crippen LogP contribution in [0.2, 0.25) is 0 Å². The number of benzene rings is 1. The van der Waals surface area contributed by atoms with Crippen LogP contribution in [0.4, 0.5) is 5.82 Å². The molecule has 1 aromatic heterocycles. The summed E-state index contributed by atoms with van der Waals surface area (Å²) in [7, 11) is 0. The fraction of sp³-hybridized carbons (Fsp3) is 0.438. The van der Waals surface area contributed by atoms with Crippen LogP contribution in [0.3, 0.4) is 0 Å². The second kappa shape index (κ2) is 6.60. The van der Waals surface area contributed by atoms with Gasteiger partial charge in [0.25, 0.3) is 0 Å². The molecule has 1 unspecified atom stereocenters. The Kier molecular flexibility index (Phi) is 4.57. The number of fused-ring (bicyclic) bond motifs is 1. The summed E-state index contributed by atoms with van der Waals surface area (Å²) in [6.45, 7) is 3.83. The molecule has 0 amide bonds. The quantitative estimate of drug-likeness (QED) is 0.783. The van der Waals surface area contributed by atoms with Crippen molar-refractivity contribution < 1.29 is 9.53 Å². The highest BCUT2D eigenvalue weighted by Gasteiger charge is 2.28. The molecule has 0 aliphatic carbocycles. The van der Waals surface area contributed by atoms with Crippen LogP contribution in [0.5, 0.6) is 0 Å². The van der Waals surface area contributed by atoms with Gasteiger partial charge in [-0.2, -0.15) is 0 Å². The highest BCUT2D eigenvalue weighted by atomic mass is 79.9. The van der Waals surface area contributed by atoms with Gasteiger partial charge in [-0.15, -0.1) is 0 Å². The number of esters is 1. The van der Waals surface area contributed by atoms with Gasteiger partial charge in [-0.3, -0.25) is 4.79 Å². The Hall–Kier alpha value is -1.69. The van der Waals surface area contributed by atoms with Crippen molar-refractivity contribution in [2.24, 2.45) is 5.92 Å². The molecule has 0 saturated carbocycles. The van der Waals surface area contributed by atoms with E-state index in [2.05, 4.69) is 30.8 Å². The molecule has 1 aliphatic heterocycles. The summed E-state index contributed by atoms with van der Waals surface area (Å²) in [5.74, 6) is 0.717. The molecule has 1 aromatic carbocycles. The minimum Gasteiger partial charge on any atom is -0.466 e. The van der Waals surface area contributed by atoms with Gasteiger partial charge in [-0.05, 0) is 38.0 Å². The number of hydrogen-bond donors (Lipinski definition) is 0. The molecule has 0 N–H and O–H groups in total. The molecule has 0 spiro atoms. The lowest BCUT2D eigenvalue weighted by Gasteiger charge is -2.32. The van der Waals surface area contributed by atoms with Gasteiger partial charge in [0.05, 0.1) is 18.0 Å². The van der Waals surface area contributed by atoms with Gasteiger partial charge < -0.3 is 9.64 Å². The average Bonchev–Trinajstić information content (AvgIpc) is 2.54. The standard InChI is InChI=1S/C16H18BrN3O2/c1-2-22-16(21)11-4-3-7-20(9-11)15-13-6-5-12(17)8-14(13)18-10-19-15/h5-6,8,10-11H,2-4,7,9H2,1H3. The molecule has 0 radical (unpaired) electrons. The number of ether oxygens (including phenoxy) is 1. The van der Waals surface area contributed by atoms with E-state index in [1.807, 2.05) is 25.1 Å². The third-order valence-electron chi connectivity index (χ3n) is 3.92. The molecule has 1 saturated heterocycles. The molecule has 116 valence electrons. The van der Waals surface area contributed by atoms with E-state index in [-0.39, 0.29) is 11.9 Å². The van der Waals surface area contributed by atoms with E-state index in [1.54, 1.807) is 6.33 Å². The number of carbonyl (C=O) groups excluding carboxylic acids is 1. The van der Waals surface area contributed by atoms with Crippen LogP contribution in [0.15, 0.2) is 29.0 Å². The van der Waals surface area contributed by atoms with E-state index in [0.29, 0.717) is 13.2 Å². The zero-order valence-electron chi connectivity index (χ0n) is 12.5. The van der Waals surface area contributed by atoms with Crippen molar-refractivity contribution in [2.45, 2.75) is 19.8 Å². The van der Waals surface area contributed by atoms with Crippen LogP contribution < -0.4 is 4.90 Å². The normalized spacial score (nSPS) is 18.5. The first-order valence-electron chi connectivity index (χ1n) is 7.51. The summed E-state index contributed by atoms with van der Waals surface area (Å²) in [4.78, 5) is 22.9. The van der Waals surface area contributed by atoms with Gasteiger partial charge in [-0.25, -0.2) is 9.97 Å². The Morgan fingerprint density at radius 1 is 1.45 bits per heavy atom. The highest BCUT2D eigenvalue weighted by Crippen LogP contribution is 2.29. The maximum Gasteiger partial charge on any atom is 0.310 e. The van der Waals surface area contributed by atoms with Crippen molar-refractivity contribution >= 4 is 38.6 Å². The maximum atomic E-state index is 12.0. The Balaban J connectivity index is 1.89. The lowest BCUT2D eigenvalue weighted by molar-refractivity contribution is -0.148. The van der Waals surface area contributed by atoms with Crippen molar-refractivity contribution in [3.05, 3.63) is 29.0 Å². The number of halogens is 1. The molecule has 1 aliphatic rings. The summed E-state index contributed by atoms with van der Waals surface area (Å²) in [5, 5.41) is 1.01. The largest absolute Gasteiger partial charge is 0.466 e. The predicted octanol–water partition coefficient (Wildman–Crippen LogP) is 3.17. The van der Waals surface area contributed by atoms with E-state index in [0.717, 1.165) is 40.6 Å². The van der Waals surface area contributed by atoms with Gasteiger partial charge >= 0.3 is 5.97 Å². The second-order valence-corrected chi connectivity index (χ2v) is 6.31. The van der Waals surface area contributed by atoms with Crippen LogP contribution in [0, 0.1) is 5.92 Å². The van der Waals surface area contributed by atoms with Crippen LogP contribution in [-0.4, -0.2) is 35.6 Å². The molecule has 6 heteroatoms. The van der Waals surface area contributed by atoms with Crippen molar-refractivity contribution in [3.63, 3.8) is 0 Å². The van der Waals surface area contributed by atoms with Gasteiger partial charge in [0.2, 0.25) is 0 Å². The van der Waals surface area contributed by atoms with E-state index >= 15 is 0 Å². The molecule has 1 atom stereocenters. The molecule has 2 heterocycles. The minimum atomic E-state index is -0.103.